The zero-order valence-electron chi connectivity index (χ0n) is 9.48. The fourth-order valence-corrected chi connectivity index (χ4v) is 1.73. The third kappa shape index (κ3) is 5.16. The molecule has 0 aliphatic rings. The van der Waals surface area contributed by atoms with E-state index in [1.165, 1.54) is 0 Å². The fraction of sp³-hybridized carbons (Fsp3) is 0.333. The van der Waals surface area contributed by atoms with Crippen molar-refractivity contribution in [1.29, 1.82) is 0 Å². The molecule has 1 rings (SSSR count). The van der Waals surface area contributed by atoms with Gasteiger partial charge in [0.1, 0.15) is 6.04 Å². The lowest BCUT2D eigenvalue weighted by Crippen LogP contribution is -2.40. The maximum Gasteiger partial charge on any atom is 0.407 e. The molecule has 1 atom stereocenters. The smallest absolute Gasteiger partial charge is 0.407 e. The SMILES string of the molecule is CCOC(=O)NC(Cc1ccccc1)C(=O)I. The Kier molecular flexibility index (Phi) is 5.96. The van der Waals surface area contributed by atoms with Crippen molar-refractivity contribution in [3.05, 3.63) is 35.9 Å². The van der Waals surface area contributed by atoms with Crippen LogP contribution in [0.2, 0.25) is 0 Å². The van der Waals surface area contributed by atoms with E-state index in [2.05, 4.69) is 5.32 Å². The number of hydrogen-bond acceptors (Lipinski definition) is 3. The molecule has 92 valence electrons. The molecule has 1 amide bonds. The average molecular weight is 347 g/mol. The summed E-state index contributed by atoms with van der Waals surface area (Å²) < 4.78 is 4.64. The summed E-state index contributed by atoms with van der Waals surface area (Å²) in [6.07, 6.45) is -0.0834. The molecule has 1 unspecified atom stereocenters. The molecule has 0 saturated carbocycles. The van der Waals surface area contributed by atoms with Gasteiger partial charge in [-0.1, -0.05) is 30.3 Å². The molecule has 0 spiro atoms. The molecule has 4 nitrogen and oxygen atoms in total. The highest BCUT2D eigenvalue weighted by atomic mass is 127. The first-order valence-electron chi connectivity index (χ1n) is 5.30. The summed E-state index contributed by atoms with van der Waals surface area (Å²) in [7, 11) is 0. The number of hydrogen-bond donors (Lipinski definition) is 1. The molecule has 0 fully saturated rings. The lowest BCUT2D eigenvalue weighted by Gasteiger charge is -2.14. The van der Waals surface area contributed by atoms with Gasteiger partial charge in [0, 0.05) is 29.0 Å². The van der Waals surface area contributed by atoms with Crippen LogP contribution in [0.4, 0.5) is 4.79 Å². The van der Waals surface area contributed by atoms with E-state index in [0.29, 0.717) is 13.0 Å². The number of alkyl carbamates (subject to hydrolysis) is 1. The van der Waals surface area contributed by atoms with Gasteiger partial charge < -0.3 is 10.1 Å². The normalized spacial score (nSPS) is 11.6. The van der Waals surface area contributed by atoms with Crippen LogP contribution >= 0.6 is 22.6 Å². The van der Waals surface area contributed by atoms with Gasteiger partial charge in [0.25, 0.3) is 0 Å². The van der Waals surface area contributed by atoms with Gasteiger partial charge in [0.2, 0.25) is 3.79 Å². The van der Waals surface area contributed by atoms with Crippen molar-refractivity contribution < 1.29 is 14.3 Å². The maximum absolute atomic E-state index is 11.4. The van der Waals surface area contributed by atoms with Crippen molar-refractivity contribution >= 4 is 32.5 Å². The number of amides is 1. The number of halogens is 1. The lowest BCUT2D eigenvalue weighted by atomic mass is 10.1. The van der Waals surface area contributed by atoms with Crippen LogP contribution in [0.1, 0.15) is 12.5 Å². The highest BCUT2D eigenvalue weighted by molar-refractivity contribution is 14.1. The van der Waals surface area contributed by atoms with Crippen LogP contribution in [0.5, 0.6) is 0 Å². The molecule has 5 heteroatoms. The first-order valence-corrected chi connectivity index (χ1v) is 6.38. The van der Waals surface area contributed by atoms with Gasteiger partial charge in [0.05, 0.1) is 6.61 Å². The van der Waals surface area contributed by atoms with E-state index in [0.717, 1.165) is 5.56 Å². The fourth-order valence-electron chi connectivity index (χ4n) is 1.35. The highest BCUT2D eigenvalue weighted by Crippen LogP contribution is 2.07. The number of rotatable bonds is 5. The van der Waals surface area contributed by atoms with Crippen molar-refractivity contribution in [2.45, 2.75) is 19.4 Å². The van der Waals surface area contributed by atoms with Crippen LogP contribution < -0.4 is 5.32 Å². The Labute approximate surface area is 114 Å². The Balaban J connectivity index is 2.61. The molecular formula is C12H14INO3. The van der Waals surface area contributed by atoms with Gasteiger partial charge in [-0.25, -0.2) is 4.79 Å². The Morgan fingerprint density at radius 3 is 2.53 bits per heavy atom. The number of benzene rings is 1. The Bertz CT molecular complexity index is 381. The zero-order valence-corrected chi connectivity index (χ0v) is 11.6. The Hall–Kier alpha value is -1.11. The molecule has 1 aromatic rings. The van der Waals surface area contributed by atoms with Gasteiger partial charge in [-0.2, -0.15) is 0 Å². The lowest BCUT2D eigenvalue weighted by molar-refractivity contribution is -0.111. The van der Waals surface area contributed by atoms with Gasteiger partial charge in [-0.3, -0.25) is 4.79 Å². The second-order valence-corrected chi connectivity index (χ2v) is 4.47. The van der Waals surface area contributed by atoms with E-state index in [1.54, 1.807) is 29.5 Å². The minimum Gasteiger partial charge on any atom is -0.450 e. The van der Waals surface area contributed by atoms with Gasteiger partial charge in [-0.05, 0) is 12.5 Å². The van der Waals surface area contributed by atoms with Crippen LogP contribution in [-0.4, -0.2) is 22.5 Å². The molecular weight excluding hydrogens is 333 g/mol. The standard InChI is InChI=1S/C12H14INO3/c1-2-17-12(16)14-10(11(13)15)8-9-6-4-3-5-7-9/h3-7,10H,2,8H2,1H3,(H,14,16). The quantitative estimate of drug-likeness (QED) is 0.657. The van der Waals surface area contributed by atoms with Crippen LogP contribution in [0, 0.1) is 0 Å². The summed E-state index contributed by atoms with van der Waals surface area (Å²) in [5.74, 6) is 0. The first kappa shape index (κ1) is 14.0. The first-order chi connectivity index (χ1) is 8.13. The Morgan fingerprint density at radius 2 is 2.00 bits per heavy atom. The van der Waals surface area contributed by atoms with Crippen molar-refractivity contribution in [2.75, 3.05) is 6.61 Å². The van der Waals surface area contributed by atoms with E-state index in [4.69, 9.17) is 4.74 Å². The molecule has 1 N–H and O–H groups in total. The van der Waals surface area contributed by atoms with E-state index in [-0.39, 0.29) is 3.79 Å². The van der Waals surface area contributed by atoms with Crippen molar-refractivity contribution in [3.63, 3.8) is 0 Å². The summed E-state index contributed by atoms with van der Waals surface area (Å²) in [5, 5.41) is 2.55. The van der Waals surface area contributed by atoms with Gasteiger partial charge >= 0.3 is 6.09 Å². The molecule has 0 heterocycles. The van der Waals surface area contributed by atoms with E-state index >= 15 is 0 Å². The molecule has 0 bridgehead atoms. The summed E-state index contributed by atoms with van der Waals surface area (Å²) in [6.45, 7) is 2.01. The summed E-state index contributed by atoms with van der Waals surface area (Å²) in [6, 6.07) is 8.99. The van der Waals surface area contributed by atoms with Crippen LogP contribution in [0.25, 0.3) is 0 Å². The van der Waals surface area contributed by atoms with E-state index in [1.807, 2.05) is 30.3 Å². The summed E-state index contributed by atoms with van der Waals surface area (Å²) in [5.41, 5.74) is 0.999. The van der Waals surface area contributed by atoms with Gasteiger partial charge in [-0.15, -0.1) is 0 Å². The van der Waals surface area contributed by atoms with Crippen molar-refractivity contribution in [2.24, 2.45) is 0 Å². The van der Waals surface area contributed by atoms with Crippen LogP contribution in [-0.2, 0) is 16.0 Å². The third-order valence-corrected chi connectivity index (χ3v) is 2.88. The summed E-state index contributed by atoms with van der Waals surface area (Å²) in [4.78, 5) is 22.7. The molecule has 0 aliphatic heterocycles. The number of ether oxygens (including phenoxy) is 1. The molecule has 0 radical (unpaired) electrons. The van der Waals surface area contributed by atoms with Crippen molar-refractivity contribution in [3.8, 4) is 0 Å². The molecule has 1 aromatic carbocycles. The molecule has 0 saturated heterocycles. The minimum atomic E-state index is -0.557. The number of nitrogens with one attached hydrogen (secondary N) is 1. The van der Waals surface area contributed by atoms with Crippen LogP contribution in [0.15, 0.2) is 30.3 Å². The van der Waals surface area contributed by atoms with E-state index in [9.17, 15) is 9.59 Å². The summed E-state index contributed by atoms with van der Waals surface area (Å²) >= 11 is 1.68. The zero-order chi connectivity index (χ0) is 12.7. The molecule has 0 aromatic heterocycles. The molecule has 17 heavy (non-hydrogen) atoms. The predicted molar refractivity (Wildman–Crippen MR) is 73.1 cm³/mol. The average Bonchev–Trinajstić information content (AvgIpc) is 2.29. The third-order valence-electron chi connectivity index (χ3n) is 2.12. The predicted octanol–water partition coefficient (Wildman–Crippen LogP) is 2.31. The minimum absolute atomic E-state index is 0.112. The monoisotopic (exact) mass is 347 g/mol. The van der Waals surface area contributed by atoms with E-state index < -0.39 is 12.1 Å². The Morgan fingerprint density at radius 1 is 1.35 bits per heavy atom. The van der Waals surface area contributed by atoms with Crippen molar-refractivity contribution in [1.82, 2.24) is 5.32 Å². The molecule has 0 aliphatic carbocycles. The number of carbonyl (C=O) groups is 2. The second kappa shape index (κ2) is 7.26. The second-order valence-electron chi connectivity index (χ2n) is 3.41. The van der Waals surface area contributed by atoms with Gasteiger partial charge in [0.15, 0.2) is 0 Å². The topological polar surface area (TPSA) is 55.4 Å². The highest BCUT2D eigenvalue weighted by Gasteiger charge is 2.19. The number of carbonyl (C=O) groups excluding carboxylic acids is 2. The van der Waals surface area contributed by atoms with Crippen LogP contribution in [0.3, 0.4) is 0 Å². The largest absolute Gasteiger partial charge is 0.450 e. The maximum atomic E-state index is 11.4.